The molecule has 13 heavy (non-hydrogen) atoms. The minimum Gasteiger partial charge on any atom is -0.392 e. The highest BCUT2D eigenvalue weighted by Gasteiger charge is 2.31. The van der Waals surface area contributed by atoms with E-state index in [0.717, 1.165) is 19.3 Å². The van der Waals surface area contributed by atoms with E-state index < -0.39 is 8.56 Å². The summed E-state index contributed by atoms with van der Waals surface area (Å²) in [6, 6.07) is 1.11. The molecule has 0 N–H and O–H groups in total. The van der Waals surface area contributed by atoms with Crippen molar-refractivity contribution in [3.8, 4) is 0 Å². The topological polar surface area (TPSA) is 27.7 Å². The van der Waals surface area contributed by atoms with E-state index in [2.05, 4.69) is 29.1 Å². The Morgan fingerprint density at radius 1 is 1.15 bits per heavy atom. The molecule has 1 rings (SSSR count). The second-order valence-electron chi connectivity index (χ2n) is 3.24. The largest absolute Gasteiger partial charge is 0.392 e. The van der Waals surface area contributed by atoms with Crippen LogP contribution in [-0.4, -0.2) is 39.4 Å². The van der Waals surface area contributed by atoms with Gasteiger partial charge in [0.25, 0.3) is 0 Å². The van der Waals surface area contributed by atoms with Gasteiger partial charge in [0.15, 0.2) is 0 Å². The first-order chi connectivity index (χ1) is 6.27. The summed E-state index contributed by atoms with van der Waals surface area (Å²) >= 11 is 2.39. The predicted octanol–water partition coefficient (Wildman–Crippen LogP) is 1.95. The summed E-state index contributed by atoms with van der Waals surface area (Å²) in [5.41, 5.74) is 0. The molecule has 5 heteroatoms. The third kappa shape index (κ3) is 4.73. The van der Waals surface area contributed by atoms with Crippen molar-refractivity contribution in [1.29, 1.82) is 0 Å². The Morgan fingerprint density at radius 3 is 2.31 bits per heavy atom. The zero-order valence-electron chi connectivity index (χ0n) is 8.05. The molecular formula is C8H17IO3Si. The van der Waals surface area contributed by atoms with Gasteiger partial charge in [-0.2, -0.15) is 0 Å². The first-order valence-electron chi connectivity index (χ1n) is 4.68. The van der Waals surface area contributed by atoms with E-state index in [9.17, 15) is 0 Å². The van der Waals surface area contributed by atoms with Crippen LogP contribution in [0.1, 0.15) is 6.42 Å². The van der Waals surface area contributed by atoms with Gasteiger partial charge in [0.1, 0.15) is 0 Å². The molecule has 0 aromatic heterocycles. The maximum atomic E-state index is 5.76. The van der Waals surface area contributed by atoms with Gasteiger partial charge < -0.3 is 13.6 Å². The first-order valence-corrected chi connectivity index (χ1v) is 8.73. The Morgan fingerprint density at radius 2 is 1.77 bits per heavy atom. The highest BCUT2D eigenvalue weighted by Crippen LogP contribution is 2.17. The molecule has 0 radical (unpaired) electrons. The maximum absolute atomic E-state index is 5.76. The van der Waals surface area contributed by atoms with Gasteiger partial charge in [0.2, 0.25) is 0 Å². The smallest absolute Gasteiger partial charge is 0.335 e. The van der Waals surface area contributed by atoms with Crippen LogP contribution in [0.4, 0.5) is 0 Å². The van der Waals surface area contributed by atoms with Crippen molar-refractivity contribution in [2.45, 2.75) is 19.0 Å². The Kier molecular flexibility index (Phi) is 5.80. The fourth-order valence-electron chi connectivity index (χ4n) is 1.31. The molecule has 0 saturated carbocycles. The number of hydrogen-bond donors (Lipinski definition) is 0. The van der Waals surface area contributed by atoms with Gasteiger partial charge in [-0.15, -0.1) is 0 Å². The molecule has 0 aliphatic carbocycles. The second kappa shape index (κ2) is 6.34. The third-order valence-corrected chi connectivity index (χ3v) is 5.69. The SMILES string of the molecule is C[Si]1(CCCI)OCCOCCO1. The number of alkyl halides is 1. The fraction of sp³-hybridized carbons (Fsp3) is 1.00. The monoisotopic (exact) mass is 316 g/mol. The Hall–Kier alpha value is 0.827. The Labute approximate surface area is 94.5 Å². The van der Waals surface area contributed by atoms with Crippen molar-refractivity contribution in [1.82, 2.24) is 0 Å². The fourth-order valence-corrected chi connectivity index (χ4v) is 4.63. The molecule has 3 nitrogen and oxygen atoms in total. The maximum Gasteiger partial charge on any atom is 0.335 e. The lowest BCUT2D eigenvalue weighted by molar-refractivity contribution is 0.0264. The van der Waals surface area contributed by atoms with Gasteiger partial charge >= 0.3 is 8.56 Å². The van der Waals surface area contributed by atoms with Gasteiger partial charge in [-0.3, -0.25) is 0 Å². The molecule has 0 atom stereocenters. The van der Waals surface area contributed by atoms with E-state index in [1.54, 1.807) is 0 Å². The Balaban J connectivity index is 2.32. The number of ether oxygens (including phenoxy) is 1. The van der Waals surface area contributed by atoms with E-state index in [1.165, 1.54) is 10.8 Å². The molecule has 78 valence electrons. The van der Waals surface area contributed by atoms with E-state index in [-0.39, 0.29) is 0 Å². The lowest BCUT2D eigenvalue weighted by Crippen LogP contribution is -2.42. The standard InChI is InChI=1S/C8H17IO3Si/c1-13(8-2-3-9)11-6-4-10-5-7-12-13/h2-8H2,1H3. The van der Waals surface area contributed by atoms with Crippen LogP contribution in [0.15, 0.2) is 0 Å². The quantitative estimate of drug-likeness (QED) is 0.452. The van der Waals surface area contributed by atoms with Gasteiger partial charge in [0, 0.05) is 0 Å². The highest BCUT2D eigenvalue weighted by molar-refractivity contribution is 14.1. The van der Waals surface area contributed by atoms with Crippen LogP contribution in [0.5, 0.6) is 0 Å². The minimum absolute atomic E-state index is 0.698. The summed E-state index contributed by atoms with van der Waals surface area (Å²) in [5.74, 6) is 0. The molecule has 1 heterocycles. The summed E-state index contributed by atoms with van der Waals surface area (Å²) in [5, 5.41) is 0. The van der Waals surface area contributed by atoms with Crippen molar-refractivity contribution in [2.75, 3.05) is 30.9 Å². The molecule has 0 aromatic carbocycles. The molecule has 1 fully saturated rings. The van der Waals surface area contributed by atoms with Crippen LogP contribution >= 0.6 is 22.6 Å². The van der Waals surface area contributed by atoms with Crippen LogP contribution in [0.3, 0.4) is 0 Å². The molecular weight excluding hydrogens is 299 g/mol. The average molecular weight is 316 g/mol. The van der Waals surface area contributed by atoms with Crippen molar-refractivity contribution < 1.29 is 13.6 Å². The highest BCUT2D eigenvalue weighted by atomic mass is 127. The average Bonchev–Trinajstić information content (AvgIpc) is 2.09. The molecule has 0 spiro atoms. The predicted molar refractivity (Wildman–Crippen MR) is 62.7 cm³/mol. The van der Waals surface area contributed by atoms with E-state index in [0.29, 0.717) is 13.2 Å². The van der Waals surface area contributed by atoms with E-state index >= 15 is 0 Å². The van der Waals surface area contributed by atoms with Crippen molar-refractivity contribution >= 4 is 31.2 Å². The molecule has 0 aromatic rings. The minimum atomic E-state index is -1.82. The van der Waals surface area contributed by atoms with Crippen LogP contribution in [-0.2, 0) is 13.6 Å². The summed E-state index contributed by atoms with van der Waals surface area (Å²) in [7, 11) is -1.82. The van der Waals surface area contributed by atoms with Crippen LogP contribution in [0.25, 0.3) is 0 Å². The van der Waals surface area contributed by atoms with Gasteiger partial charge in [-0.05, 0) is 23.4 Å². The van der Waals surface area contributed by atoms with Crippen LogP contribution < -0.4 is 0 Å². The summed E-state index contributed by atoms with van der Waals surface area (Å²) in [6.07, 6.45) is 1.20. The molecule has 1 aliphatic heterocycles. The van der Waals surface area contributed by atoms with Crippen molar-refractivity contribution in [3.63, 3.8) is 0 Å². The lowest BCUT2D eigenvalue weighted by atomic mass is 10.6. The van der Waals surface area contributed by atoms with E-state index in [1.807, 2.05) is 0 Å². The normalized spacial score (nSPS) is 23.5. The first kappa shape index (κ1) is 11.9. The zero-order valence-corrected chi connectivity index (χ0v) is 11.2. The van der Waals surface area contributed by atoms with Crippen LogP contribution in [0, 0.1) is 0 Å². The summed E-state index contributed by atoms with van der Waals surface area (Å²) < 4.78 is 17.9. The third-order valence-electron chi connectivity index (χ3n) is 2.03. The number of rotatable bonds is 3. The summed E-state index contributed by atoms with van der Waals surface area (Å²) in [4.78, 5) is 0. The number of halogens is 1. The van der Waals surface area contributed by atoms with Crippen molar-refractivity contribution in [2.24, 2.45) is 0 Å². The van der Waals surface area contributed by atoms with Gasteiger partial charge in [-0.1, -0.05) is 22.6 Å². The zero-order chi connectivity index (χ0) is 9.57. The number of hydrogen-bond acceptors (Lipinski definition) is 3. The molecule has 0 bridgehead atoms. The Bertz CT molecular complexity index is 132. The van der Waals surface area contributed by atoms with E-state index in [4.69, 9.17) is 13.6 Å². The molecule has 1 aliphatic rings. The van der Waals surface area contributed by atoms with Crippen molar-refractivity contribution in [3.05, 3.63) is 0 Å². The second-order valence-corrected chi connectivity index (χ2v) is 7.66. The van der Waals surface area contributed by atoms with Gasteiger partial charge in [0.05, 0.1) is 26.4 Å². The summed E-state index contributed by atoms with van der Waals surface area (Å²) in [6.45, 7) is 4.99. The van der Waals surface area contributed by atoms with Crippen LogP contribution in [0.2, 0.25) is 12.6 Å². The molecule has 0 unspecified atom stereocenters. The molecule has 1 saturated heterocycles. The van der Waals surface area contributed by atoms with Gasteiger partial charge in [-0.25, -0.2) is 0 Å². The molecule has 0 amide bonds. The lowest BCUT2D eigenvalue weighted by Gasteiger charge is -2.28.